The molecule has 3 aliphatic carbocycles. The first-order valence-corrected chi connectivity index (χ1v) is 13.5. The van der Waals surface area contributed by atoms with Gasteiger partial charge in [0.2, 0.25) is 0 Å². The number of nitrogens with one attached hydrogen (secondary N) is 2. The monoisotopic (exact) mass is 546 g/mol. The summed E-state index contributed by atoms with van der Waals surface area (Å²) in [5.74, 6) is -0.932. The van der Waals surface area contributed by atoms with E-state index in [1.807, 2.05) is 19.2 Å². The van der Waals surface area contributed by atoms with Crippen LogP contribution >= 0.6 is 22.9 Å². The van der Waals surface area contributed by atoms with Gasteiger partial charge < -0.3 is 24.8 Å². The molecule has 1 aromatic carbocycles. The number of carbonyl (C=O) groups is 1. The summed E-state index contributed by atoms with van der Waals surface area (Å²) in [6, 6.07) is 3.39. The van der Waals surface area contributed by atoms with E-state index in [-0.39, 0.29) is 22.1 Å². The number of thiazole rings is 1. The average Bonchev–Trinajstić information content (AvgIpc) is 3.46. The Morgan fingerprint density at radius 3 is 2.76 bits per heavy atom. The second-order valence-electron chi connectivity index (χ2n) is 10.7. The molecule has 0 radical (unpaired) electrons. The van der Waals surface area contributed by atoms with Gasteiger partial charge in [0, 0.05) is 45.4 Å². The SMILES string of the molecule is COC(=O)C1=C(C23CC(NC[C@@H]4COC(C)(C)O4)(C2)C3)NC(c2nccs2)=NC1c1ccc(F)cc1Cl. The molecule has 196 valence electrons. The number of methoxy groups -OCH3 is 1. The lowest BCUT2D eigenvalue weighted by molar-refractivity contribution is -0.151. The molecule has 2 N–H and O–H groups in total. The van der Waals surface area contributed by atoms with Crippen molar-refractivity contribution in [3.63, 3.8) is 0 Å². The van der Waals surface area contributed by atoms with Crippen molar-refractivity contribution in [3.8, 4) is 0 Å². The third-order valence-corrected chi connectivity index (χ3v) is 8.78. The van der Waals surface area contributed by atoms with Crippen LogP contribution in [0.4, 0.5) is 4.39 Å². The van der Waals surface area contributed by atoms with Gasteiger partial charge in [-0.1, -0.05) is 17.7 Å². The molecule has 0 amide bonds. The molecule has 1 aromatic heterocycles. The quantitative estimate of drug-likeness (QED) is 0.505. The van der Waals surface area contributed by atoms with Crippen LogP contribution in [0.1, 0.15) is 49.7 Å². The Labute approximate surface area is 223 Å². The van der Waals surface area contributed by atoms with Crippen LogP contribution in [0.15, 0.2) is 46.0 Å². The Kier molecular flexibility index (Phi) is 5.96. The number of carbonyl (C=O) groups excluding carboxylic acids is 1. The number of halogens is 2. The standard InChI is InChI=1S/C26H28ClFN4O4S/c1-24(2)35-10-15(36-24)9-30-26-11-25(12-26,13-26)20-18(23(33)34-3)19(16-5-4-14(28)8-17(16)27)31-21(32-20)22-29-6-7-37-22/h4-8,15,19,30H,9-13H2,1-3H3,(H,31,32)/t15-,19?,25?,26?/m1/s1. The van der Waals surface area contributed by atoms with Crippen molar-refractivity contribution in [1.82, 2.24) is 15.6 Å². The lowest BCUT2D eigenvalue weighted by atomic mass is 9.37. The van der Waals surface area contributed by atoms with Crippen LogP contribution in [-0.2, 0) is 19.0 Å². The van der Waals surface area contributed by atoms with Gasteiger partial charge in [-0.25, -0.2) is 14.2 Å². The molecule has 2 atom stereocenters. The van der Waals surface area contributed by atoms with E-state index in [4.69, 9.17) is 30.8 Å². The molecule has 0 spiro atoms. The molecule has 8 nitrogen and oxygen atoms in total. The zero-order valence-corrected chi connectivity index (χ0v) is 22.3. The molecule has 3 saturated carbocycles. The van der Waals surface area contributed by atoms with Crippen molar-refractivity contribution in [2.24, 2.45) is 10.4 Å². The lowest BCUT2D eigenvalue weighted by Gasteiger charge is -2.72. The summed E-state index contributed by atoms with van der Waals surface area (Å²) < 4.78 is 30.7. The van der Waals surface area contributed by atoms with Crippen molar-refractivity contribution in [2.45, 2.75) is 56.6 Å². The Morgan fingerprint density at radius 2 is 2.14 bits per heavy atom. The number of ether oxygens (including phenoxy) is 3. The first-order valence-electron chi connectivity index (χ1n) is 12.2. The number of nitrogens with zero attached hydrogens (tertiary/aromatic N) is 2. The molecule has 4 fully saturated rings. The normalized spacial score (nSPS) is 31.8. The van der Waals surface area contributed by atoms with Crippen LogP contribution < -0.4 is 10.6 Å². The summed E-state index contributed by atoms with van der Waals surface area (Å²) in [4.78, 5) is 22.5. The summed E-state index contributed by atoms with van der Waals surface area (Å²) in [5.41, 5.74) is 1.49. The number of hydrogen-bond donors (Lipinski definition) is 2. The third-order valence-electron chi connectivity index (χ3n) is 7.67. The maximum atomic E-state index is 13.9. The Morgan fingerprint density at radius 1 is 1.35 bits per heavy atom. The predicted octanol–water partition coefficient (Wildman–Crippen LogP) is 4.12. The van der Waals surface area contributed by atoms with E-state index >= 15 is 0 Å². The number of aliphatic imine (C=N–C) groups is 1. The largest absolute Gasteiger partial charge is 0.466 e. The maximum Gasteiger partial charge on any atom is 0.338 e. The summed E-state index contributed by atoms with van der Waals surface area (Å²) in [6.45, 7) is 5.11. The highest BCUT2D eigenvalue weighted by Crippen LogP contribution is 2.71. The second kappa shape index (κ2) is 8.84. The summed E-state index contributed by atoms with van der Waals surface area (Å²) in [6.07, 6.45) is 4.28. The van der Waals surface area contributed by atoms with Crippen molar-refractivity contribution in [2.75, 3.05) is 20.3 Å². The van der Waals surface area contributed by atoms with Crippen LogP contribution in [0.3, 0.4) is 0 Å². The van der Waals surface area contributed by atoms with Crippen LogP contribution in [0.5, 0.6) is 0 Å². The minimum atomic E-state index is -0.750. The molecule has 2 bridgehead atoms. The van der Waals surface area contributed by atoms with E-state index in [2.05, 4.69) is 15.6 Å². The van der Waals surface area contributed by atoms with Crippen LogP contribution in [0.2, 0.25) is 5.02 Å². The van der Waals surface area contributed by atoms with Crippen LogP contribution in [0.25, 0.3) is 0 Å². The molecule has 37 heavy (non-hydrogen) atoms. The zero-order valence-electron chi connectivity index (χ0n) is 20.8. The molecule has 11 heteroatoms. The van der Waals surface area contributed by atoms with E-state index in [0.717, 1.165) is 25.0 Å². The predicted molar refractivity (Wildman–Crippen MR) is 137 cm³/mol. The second-order valence-corrected chi connectivity index (χ2v) is 12.0. The van der Waals surface area contributed by atoms with Gasteiger partial charge in [0.15, 0.2) is 16.6 Å². The van der Waals surface area contributed by atoms with E-state index in [1.54, 1.807) is 12.3 Å². The van der Waals surface area contributed by atoms with Crippen LogP contribution in [-0.4, -0.2) is 54.5 Å². The number of hydrogen-bond acceptors (Lipinski definition) is 9. The number of benzene rings is 1. The van der Waals surface area contributed by atoms with Crippen molar-refractivity contribution in [3.05, 3.63) is 62.5 Å². The topological polar surface area (TPSA) is 94.1 Å². The van der Waals surface area contributed by atoms with Crippen LogP contribution in [0, 0.1) is 11.2 Å². The lowest BCUT2D eigenvalue weighted by Crippen LogP contribution is -2.76. The first kappa shape index (κ1) is 24.9. The van der Waals surface area contributed by atoms with Gasteiger partial charge in [-0.15, -0.1) is 11.3 Å². The minimum Gasteiger partial charge on any atom is -0.466 e. The fourth-order valence-corrected chi connectivity index (χ4v) is 6.98. The number of amidine groups is 1. The number of rotatable bonds is 7. The summed E-state index contributed by atoms with van der Waals surface area (Å²) in [7, 11) is 1.35. The Balaban J connectivity index is 1.31. The Hall–Kier alpha value is -2.37. The van der Waals surface area contributed by atoms with Crippen molar-refractivity contribution >= 4 is 34.7 Å². The Bertz CT molecular complexity index is 1290. The van der Waals surface area contributed by atoms with Gasteiger partial charge in [0.05, 0.1) is 25.4 Å². The smallest absolute Gasteiger partial charge is 0.338 e. The highest BCUT2D eigenvalue weighted by atomic mass is 35.5. The molecule has 2 aromatic rings. The fourth-order valence-electron chi connectivity index (χ4n) is 6.12. The molecule has 1 saturated heterocycles. The van der Waals surface area contributed by atoms with Crippen molar-refractivity contribution in [1.29, 1.82) is 0 Å². The van der Waals surface area contributed by atoms with Gasteiger partial charge in [-0.05, 0) is 45.2 Å². The van der Waals surface area contributed by atoms with E-state index in [0.29, 0.717) is 35.1 Å². The molecule has 3 heterocycles. The molecule has 1 unspecified atom stereocenters. The van der Waals surface area contributed by atoms with Gasteiger partial charge >= 0.3 is 5.97 Å². The zero-order chi connectivity index (χ0) is 26.0. The average molecular weight is 547 g/mol. The fraction of sp³-hybridized carbons (Fsp3) is 0.500. The molecular formula is C26H28ClFN4O4S. The molecule has 5 aliphatic rings. The number of allylic oxidation sites excluding steroid dienone is 1. The third kappa shape index (κ3) is 4.28. The molecular weight excluding hydrogens is 519 g/mol. The summed E-state index contributed by atoms with van der Waals surface area (Å²) >= 11 is 7.91. The highest BCUT2D eigenvalue weighted by Gasteiger charge is 2.70. The first-order chi connectivity index (χ1) is 17.6. The van der Waals surface area contributed by atoms with E-state index < -0.39 is 23.6 Å². The molecule has 7 rings (SSSR count). The molecule has 2 aliphatic heterocycles. The van der Waals surface area contributed by atoms with E-state index in [1.165, 1.54) is 30.6 Å². The summed E-state index contributed by atoms with van der Waals surface area (Å²) in [5, 5.41) is 9.90. The van der Waals surface area contributed by atoms with Gasteiger partial charge in [-0.2, -0.15) is 0 Å². The van der Waals surface area contributed by atoms with Gasteiger partial charge in [-0.3, -0.25) is 4.99 Å². The number of esters is 1. The van der Waals surface area contributed by atoms with Crippen molar-refractivity contribution < 1.29 is 23.4 Å². The number of aromatic nitrogens is 1. The van der Waals surface area contributed by atoms with Gasteiger partial charge in [0.25, 0.3) is 0 Å². The maximum absolute atomic E-state index is 13.9. The van der Waals surface area contributed by atoms with E-state index in [9.17, 15) is 9.18 Å². The highest BCUT2D eigenvalue weighted by molar-refractivity contribution is 7.11. The van der Waals surface area contributed by atoms with Gasteiger partial charge in [0.1, 0.15) is 11.9 Å². The minimum absolute atomic E-state index is 0.00580.